The number of hydrogen-bond acceptors (Lipinski definition) is 15. The van der Waals surface area contributed by atoms with Crippen molar-refractivity contribution in [2.45, 2.75) is 44.4 Å². The van der Waals surface area contributed by atoms with Gasteiger partial charge in [-0.3, -0.25) is 28.7 Å². The number of aromatic nitrogens is 8. The zero-order valence-corrected chi connectivity index (χ0v) is 68.2. The van der Waals surface area contributed by atoms with Gasteiger partial charge >= 0.3 is 0 Å². The number of nitrogens with zero attached hydrogens (tertiary/aromatic N) is 5. The SMILES string of the molecule is CC(=O)Nc1ccc(Oc2ccc(F)cc2F)c(-c2cc(C)c3c(=O)[nH]ccn23)c1.CNS(=O)(=O)c1ccc(Oc2ccc(F)cc2)c(-c2cc(C)c3c(=O)[nH]ccn23)c1.Cc1cc(-c2cc(NS(C)(=O)=O)ccc2Oc2ccc(F)cc2)n2cc[nH]c(=O)c12.Cc1cc(-c2cc(S(=O)(=O)N(C)C)ccc2Oc2ccc(F)cc2F)n2cc[nH]c(=O)c12. The molecule has 0 saturated carbocycles. The summed E-state index contributed by atoms with van der Waals surface area (Å²) in [6.07, 6.45) is 13.8. The van der Waals surface area contributed by atoms with Crippen LogP contribution >= 0.6 is 0 Å². The van der Waals surface area contributed by atoms with E-state index in [2.05, 4.69) is 34.7 Å². The number of H-pyrrole nitrogens is 4. The molecule has 0 aliphatic carbocycles. The number of ether oxygens (including phenoxy) is 4. The van der Waals surface area contributed by atoms with Crippen molar-refractivity contribution < 1.29 is 75.3 Å². The van der Waals surface area contributed by atoms with Crippen LogP contribution in [0.2, 0.25) is 0 Å². The molecule has 8 aromatic heterocycles. The number of fused-ring (bicyclic) bond motifs is 4. The molecular weight excluding hydrogens is 1650 g/mol. The van der Waals surface area contributed by atoms with E-state index in [1.54, 1.807) is 118 Å². The maximum atomic E-state index is 14.2. The van der Waals surface area contributed by atoms with Gasteiger partial charge in [0.05, 0.1) is 38.8 Å². The number of sulfonamides is 3. The van der Waals surface area contributed by atoms with Crippen LogP contribution in [0.25, 0.3) is 67.1 Å². The molecule has 36 heteroatoms. The van der Waals surface area contributed by atoms with Crippen LogP contribution in [0.3, 0.4) is 0 Å². The Morgan fingerprint density at radius 2 is 0.697 bits per heavy atom. The molecule has 626 valence electrons. The number of hydrogen-bond donors (Lipinski definition) is 7. The first-order valence-electron chi connectivity index (χ1n) is 36.5. The number of benzene rings is 8. The minimum absolute atomic E-state index is 0.0122. The molecule has 7 N–H and O–H groups in total. The normalized spacial score (nSPS) is 11.5. The molecule has 16 aromatic rings. The highest BCUT2D eigenvalue weighted by Gasteiger charge is 2.26. The molecule has 0 bridgehead atoms. The summed E-state index contributed by atoms with van der Waals surface area (Å²) in [5.41, 5.74) is 8.52. The minimum atomic E-state index is -3.79. The fourth-order valence-electron chi connectivity index (χ4n) is 13.3. The van der Waals surface area contributed by atoms with E-state index in [9.17, 15) is 75.6 Å². The van der Waals surface area contributed by atoms with E-state index in [-0.39, 0.29) is 66.8 Å². The predicted molar refractivity (Wildman–Crippen MR) is 448 cm³/mol. The molecule has 0 fully saturated rings. The Kier molecular flexibility index (Phi) is 24.4. The molecule has 1 amide bonds. The number of halogens is 6. The number of carbonyl (C=O) groups is 1. The summed E-state index contributed by atoms with van der Waals surface area (Å²) in [4.78, 5) is 71.2. The van der Waals surface area contributed by atoms with Gasteiger partial charge in [-0.05, 0) is 227 Å². The number of aryl methyl sites for hydroxylation is 4. The van der Waals surface area contributed by atoms with Crippen molar-refractivity contribution in [2.24, 2.45) is 0 Å². The highest BCUT2D eigenvalue weighted by atomic mass is 32.2. The number of amides is 1. The summed E-state index contributed by atoms with van der Waals surface area (Å²) in [7, 11) is -6.85. The van der Waals surface area contributed by atoms with Crippen molar-refractivity contribution in [3.63, 3.8) is 0 Å². The fourth-order valence-corrected chi connectivity index (χ4v) is 15.5. The van der Waals surface area contributed by atoms with Gasteiger partial charge in [0.1, 0.15) is 79.8 Å². The molecule has 0 saturated heterocycles. The maximum absolute atomic E-state index is 14.2. The average molecular weight is 1720 g/mol. The van der Waals surface area contributed by atoms with Crippen LogP contribution in [-0.2, 0) is 34.9 Å². The molecule has 8 aromatic carbocycles. The Morgan fingerprint density at radius 1 is 0.385 bits per heavy atom. The van der Waals surface area contributed by atoms with Crippen molar-refractivity contribution in [3.05, 3.63) is 330 Å². The lowest BCUT2D eigenvalue weighted by atomic mass is 10.1. The van der Waals surface area contributed by atoms with Crippen molar-refractivity contribution in [1.82, 2.24) is 46.6 Å². The van der Waals surface area contributed by atoms with Gasteiger partial charge in [0.15, 0.2) is 23.1 Å². The molecule has 0 aliphatic heterocycles. The molecule has 8 heterocycles. The summed E-state index contributed by atoms with van der Waals surface area (Å²) in [6.45, 7) is 8.53. The first kappa shape index (κ1) is 85.4. The molecule has 16 rings (SSSR count). The number of anilines is 2. The number of nitrogens with one attached hydrogen (secondary N) is 7. The third-order valence-electron chi connectivity index (χ3n) is 18.8. The van der Waals surface area contributed by atoms with Gasteiger partial charge < -0.3 is 61.8 Å². The van der Waals surface area contributed by atoms with Crippen LogP contribution < -0.4 is 55.9 Å². The van der Waals surface area contributed by atoms with Crippen molar-refractivity contribution in [1.29, 1.82) is 0 Å². The van der Waals surface area contributed by atoms with Gasteiger partial charge in [-0.25, -0.2) is 60.6 Å². The summed E-state index contributed by atoms with van der Waals surface area (Å²) in [5, 5.41) is 2.70. The fraction of sp³-hybridized carbons (Fsp3) is 0.105. The third-order valence-corrected chi connectivity index (χ3v) is 22.6. The van der Waals surface area contributed by atoms with E-state index >= 15 is 0 Å². The largest absolute Gasteiger partial charge is 0.457 e. The zero-order valence-electron chi connectivity index (χ0n) is 65.8. The molecule has 0 atom stereocenters. The number of aromatic amines is 4. The number of carbonyl (C=O) groups excluding carboxylic acids is 1. The van der Waals surface area contributed by atoms with E-state index in [4.69, 9.17) is 18.9 Å². The molecule has 122 heavy (non-hydrogen) atoms. The van der Waals surface area contributed by atoms with E-state index in [0.29, 0.717) is 113 Å². The van der Waals surface area contributed by atoms with E-state index in [1.165, 1.54) is 144 Å². The summed E-state index contributed by atoms with van der Waals surface area (Å²) >= 11 is 0. The Balaban J connectivity index is 0.000000140. The van der Waals surface area contributed by atoms with E-state index in [1.807, 2.05) is 13.0 Å². The lowest BCUT2D eigenvalue weighted by Crippen LogP contribution is -2.22. The van der Waals surface area contributed by atoms with Gasteiger partial charge in [0.2, 0.25) is 36.0 Å². The van der Waals surface area contributed by atoms with Gasteiger partial charge in [-0.2, -0.15) is 0 Å². The highest BCUT2D eigenvalue weighted by molar-refractivity contribution is 7.92. The van der Waals surface area contributed by atoms with Crippen LogP contribution in [0.15, 0.2) is 261 Å². The van der Waals surface area contributed by atoms with Crippen LogP contribution in [-0.4, -0.2) is 100 Å². The zero-order chi connectivity index (χ0) is 87.6. The van der Waals surface area contributed by atoms with Crippen molar-refractivity contribution >= 4 is 69.4 Å². The summed E-state index contributed by atoms with van der Waals surface area (Å²) in [5.74, 6) is -2.67. The molecule has 0 spiro atoms. The Labute approximate surface area is 690 Å². The smallest absolute Gasteiger partial charge is 0.272 e. The first-order valence-corrected chi connectivity index (χ1v) is 41.3. The van der Waals surface area contributed by atoms with Gasteiger partial charge in [-0.1, -0.05) is 0 Å². The standard InChI is InChI=1S/C22H19F2N3O4S.C22H17F2N3O3.2C21H18FN3O4S/c1-13-10-18(27-9-8-25-22(28)21(13)27)16-12-15(32(29,30)26(2)3)5-7-19(16)31-20-6-4-14(23)11-17(20)24;1-12-9-18(27-8-7-25-22(29)21(12)27)16-11-15(26-13(2)28)4-6-19(16)30-20-5-3-14(23)10-17(20)24;1-13-11-18(25-10-9-23-21(26)20(13)25)17-12-15(24-30(2,27)28)5-8-19(17)29-16-6-3-14(22)4-7-16;1-13-11-18(25-10-9-24-21(26)20(13)25)17-12-16(30(27,28)23-2)7-8-19(17)29-15-5-3-14(22)4-6-15/h4-12H,1-3H3,(H,25,28);3-11H,1-2H3,(H,25,29)(H,26,28);3-12,24H,1-2H3,(H,23,26);3-12,23H,1-2H3,(H,24,26). The lowest BCUT2D eigenvalue weighted by molar-refractivity contribution is -0.114. The third kappa shape index (κ3) is 18.5. The van der Waals surface area contributed by atoms with Gasteiger partial charge in [0, 0.05) is 116 Å². The molecule has 0 aliphatic rings. The molecule has 0 unspecified atom stereocenters. The summed E-state index contributed by atoms with van der Waals surface area (Å²) in [6, 6.07) is 42.3. The van der Waals surface area contributed by atoms with Crippen LogP contribution in [0.4, 0.5) is 37.7 Å². The average Bonchev–Trinajstić information content (AvgIpc) is 1.56. The topological polar surface area (TPSA) is 345 Å². The van der Waals surface area contributed by atoms with Gasteiger partial charge in [0.25, 0.3) is 22.2 Å². The Bertz CT molecular complexity index is 7410. The van der Waals surface area contributed by atoms with E-state index < -0.39 is 59.2 Å². The maximum Gasteiger partial charge on any atom is 0.272 e. The van der Waals surface area contributed by atoms with Gasteiger partial charge in [-0.15, -0.1) is 0 Å². The highest BCUT2D eigenvalue weighted by Crippen LogP contribution is 2.43. The van der Waals surface area contributed by atoms with Crippen LogP contribution in [0.5, 0.6) is 46.0 Å². The number of rotatable bonds is 19. The molecule has 27 nitrogen and oxygen atoms in total. The minimum Gasteiger partial charge on any atom is -0.457 e. The molecule has 0 radical (unpaired) electrons. The summed E-state index contributed by atoms with van der Waals surface area (Å²) < 4.78 is 191. The second-order valence-electron chi connectivity index (χ2n) is 27.6. The van der Waals surface area contributed by atoms with Crippen LogP contribution in [0, 0.1) is 62.6 Å². The van der Waals surface area contributed by atoms with E-state index in [0.717, 1.165) is 51.5 Å². The van der Waals surface area contributed by atoms with Crippen LogP contribution in [0.1, 0.15) is 29.2 Å². The second kappa shape index (κ2) is 34.8. The predicted octanol–water partition coefficient (Wildman–Crippen LogP) is 15.9. The lowest BCUT2D eigenvalue weighted by Gasteiger charge is -2.16. The quantitative estimate of drug-likeness (QED) is 0.0370. The van der Waals surface area contributed by atoms with Crippen molar-refractivity contribution in [3.8, 4) is 91.0 Å². The first-order chi connectivity index (χ1) is 57.9. The Morgan fingerprint density at radius 3 is 1.04 bits per heavy atom. The molecular formula is C86H72F6N12O15S3. The monoisotopic (exact) mass is 1720 g/mol. The van der Waals surface area contributed by atoms with Crippen molar-refractivity contribution in [2.75, 3.05) is 37.4 Å². The Hall–Kier alpha value is -14.5. The second-order valence-corrected chi connectivity index (χ2v) is 33.4.